The van der Waals surface area contributed by atoms with Gasteiger partial charge in [0.25, 0.3) is 0 Å². The molecule has 0 N–H and O–H groups in total. The highest BCUT2D eigenvalue weighted by Crippen LogP contribution is 2.32. The third-order valence-electron chi connectivity index (χ3n) is 2.96. The largest absolute Gasteiger partial charge is 0.497 e. The molecule has 3 nitrogen and oxygen atoms in total. The predicted molar refractivity (Wildman–Crippen MR) is 74.9 cm³/mol. The molecule has 0 saturated carbocycles. The van der Waals surface area contributed by atoms with Gasteiger partial charge in [-0.2, -0.15) is 0 Å². The molecule has 5 heteroatoms. The molecular weight excluding hydrogens is 256 g/mol. The Labute approximate surface area is 111 Å². The molecule has 92 valence electrons. The van der Waals surface area contributed by atoms with Gasteiger partial charge in [0, 0.05) is 13.1 Å². The summed E-state index contributed by atoms with van der Waals surface area (Å²) >= 11 is 1.76. The molecule has 0 unspecified atom stereocenters. The third-order valence-corrected chi connectivity index (χ3v) is 4.04. The molecule has 1 fully saturated rings. The summed E-state index contributed by atoms with van der Waals surface area (Å²) in [5.74, 6) is 0.907. The van der Waals surface area contributed by atoms with Crippen LogP contribution in [-0.2, 0) is 0 Å². The monoisotopic (exact) mass is 270 g/mol. The number of thiazole rings is 1. The second-order valence-corrected chi connectivity index (χ2v) is 5.03. The number of ether oxygens (including phenoxy) is 1. The van der Waals surface area contributed by atoms with Crippen LogP contribution in [0.1, 0.15) is 12.8 Å². The van der Waals surface area contributed by atoms with Crippen molar-refractivity contribution >= 4 is 39.1 Å². The van der Waals surface area contributed by atoms with Crippen LogP contribution in [0.5, 0.6) is 5.75 Å². The van der Waals surface area contributed by atoms with E-state index in [4.69, 9.17) is 4.74 Å². The van der Waals surface area contributed by atoms with Gasteiger partial charge in [0.2, 0.25) is 0 Å². The molecule has 2 aromatic rings. The zero-order chi connectivity index (χ0) is 11.0. The Morgan fingerprint density at radius 1 is 1.29 bits per heavy atom. The van der Waals surface area contributed by atoms with E-state index in [0.717, 1.165) is 29.5 Å². The van der Waals surface area contributed by atoms with Crippen LogP contribution in [0.3, 0.4) is 0 Å². The molecule has 0 aliphatic carbocycles. The number of benzene rings is 1. The first-order valence-electron chi connectivity index (χ1n) is 5.56. The second-order valence-electron chi connectivity index (χ2n) is 4.02. The number of hydrogen-bond acceptors (Lipinski definition) is 4. The molecule has 0 radical (unpaired) electrons. The maximum absolute atomic E-state index is 5.22. The van der Waals surface area contributed by atoms with Gasteiger partial charge < -0.3 is 9.64 Å². The Bertz CT molecular complexity index is 508. The van der Waals surface area contributed by atoms with Crippen LogP contribution in [-0.4, -0.2) is 25.2 Å². The molecule has 1 aliphatic heterocycles. The van der Waals surface area contributed by atoms with Gasteiger partial charge in [-0.3, -0.25) is 0 Å². The lowest BCUT2D eigenvalue weighted by molar-refractivity contribution is 0.415. The van der Waals surface area contributed by atoms with E-state index in [0.29, 0.717) is 0 Å². The van der Waals surface area contributed by atoms with Crippen molar-refractivity contribution in [3.63, 3.8) is 0 Å². The van der Waals surface area contributed by atoms with Crippen molar-refractivity contribution < 1.29 is 4.74 Å². The molecule has 1 aromatic heterocycles. The molecule has 0 bridgehead atoms. The van der Waals surface area contributed by atoms with Gasteiger partial charge in [0.1, 0.15) is 5.75 Å². The predicted octanol–water partition coefficient (Wildman–Crippen LogP) is 3.33. The van der Waals surface area contributed by atoms with E-state index in [-0.39, 0.29) is 12.4 Å². The number of nitrogens with zero attached hydrogens (tertiary/aromatic N) is 2. The zero-order valence-corrected chi connectivity index (χ0v) is 11.3. The van der Waals surface area contributed by atoms with Gasteiger partial charge in [0.15, 0.2) is 5.13 Å². The Morgan fingerprint density at radius 2 is 2.06 bits per heavy atom. The number of fused-ring (bicyclic) bond motifs is 1. The number of anilines is 1. The number of methoxy groups -OCH3 is 1. The molecule has 0 spiro atoms. The first-order valence-corrected chi connectivity index (χ1v) is 6.38. The molecular formula is C12H15ClN2OS. The summed E-state index contributed by atoms with van der Waals surface area (Å²) in [7, 11) is 1.70. The smallest absolute Gasteiger partial charge is 0.186 e. The minimum absolute atomic E-state index is 0. The Balaban J connectivity index is 0.00000108. The van der Waals surface area contributed by atoms with Crippen molar-refractivity contribution in [1.82, 2.24) is 4.98 Å². The number of halogens is 1. The van der Waals surface area contributed by atoms with Gasteiger partial charge in [-0.25, -0.2) is 4.98 Å². The van der Waals surface area contributed by atoms with E-state index in [2.05, 4.69) is 16.0 Å². The van der Waals surface area contributed by atoms with E-state index in [1.54, 1.807) is 18.4 Å². The molecule has 1 aliphatic rings. The van der Waals surface area contributed by atoms with Gasteiger partial charge in [-0.15, -0.1) is 12.4 Å². The Morgan fingerprint density at radius 3 is 2.76 bits per heavy atom. The van der Waals surface area contributed by atoms with Crippen molar-refractivity contribution in [2.45, 2.75) is 12.8 Å². The van der Waals surface area contributed by atoms with Crippen molar-refractivity contribution in [3.8, 4) is 5.75 Å². The minimum Gasteiger partial charge on any atom is -0.497 e. The van der Waals surface area contributed by atoms with Crippen LogP contribution in [0.25, 0.3) is 10.2 Å². The lowest BCUT2D eigenvalue weighted by Crippen LogP contribution is -2.16. The van der Waals surface area contributed by atoms with E-state index >= 15 is 0 Å². The highest BCUT2D eigenvalue weighted by atomic mass is 35.5. The average Bonchev–Trinajstić information content (AvgIpc) is 2.96. The maximum Gasteiger partial charge on any atom is 0.186 e. The van der Waals surface area contributed by atoms with E-state index in [9.17, 15) is 0 Å². The lowest BCUT2D eigenvalue weighted by Gasteiger charge is -2.11. The summed E-state index contributed by atoms with van der Waals surface area (Å²) in [6.07, 6.45) is 2.58. The summed E-state index contributed by atoms with van der Waals surface area (Å²) in [6.45, 7) is 2.30. The zero-order valence-electron chi connectivity index (χ0n) is 9.68. The molecule has 1 saturated heterocycles. The topological polar surface area (TPSA) is 25.4 Å². The van der Waals surface area contributed by atoms with Gasteiger partial charge >= 0.3 is 0 Å². The van der Waals surface area contributed by atoms with Gasteiger partial charge in [-0.1, -0.05) is 11.3 Å². The third kappa shape index (κ3) is 2.33. The van der Waals surface area contributed by atoms with Gasteiger partial charge in [0.05, 0.1) is 17.3 Å². The Hall–Kier alpha value is -1.00. The molecule has 2 heterocycles. The van der Waals surface area contributed by atoms with Crippen molar-refractivity contribution in [2.75, 3.05) is 25.1 Å². The van der Waals surface area contributed by atoms with Crippen LogP contribution < -0.4 is 9.64 Å². The summed E-state index contributed by atoms with van der Waals surface area (Å²) < 4.78 is 6.43. The highest BCUT2D eigenvalue weighted by Gasteiger charge is 2.16. The SMILES string of the molecule is COc1ccc2nc(N3CCCC3)sc2c1.Cl. The molecule has 0 amide bonds. The molecule has 17 heavy (non-hydrogen) atoms. The Kier molecular flexibility index (Phi) is 3.74. The standard InChI is InChI=1S/C12H14N2OS.ClH/c1-15-9-4-5-10-11(8-9)16-12(13-10)14-6-2-3-7-14;/h4-5,8H,2-3,6-7H2,1H3;1H. The fourth-order valence-electron chi connectivity index (χ4n) is 2.06. The first-order chi connectivity index (χ1) is 7.86. The second kappa shape index (κ2) is 5.10. The summed E-state index contributed by atoms with van der Waals surface area (Å²) in [5, 5.41) is 1.15. The lowest BCUT2D eigenvalue weighted by atomic mass is 10.3. The van der Waals surface area contributed by atoms with Crippen LogP contribution >= 0.6 is 23.7 Å². The highest BCUT2D eigenvalue weighted by molar-refractivity contribution is 7.22. The maximum atomic E-state index is 5.22. The summed E-state index contributed by atoms with van der Waals surface area (Å²) in [5.41, 5.74) is 1.08. The molecule has 3 rings (SSSR count). The van der Waals surface area contributed by atoms with E-state index in [1.165, 1.54) is 17.5 Å². The number of rotatable bonds is 2. The van der Waals surface area contributed by atoms with Gasteiger partial charge in [-0.05, 0) is 31.0 Å². The fourth-order valence-corrected chi connectivity index (χ4v) is 3.11. The minimum atomic E-state index is 0. The average molecular weight is 271 g/mol. The van der Waals surface area contributed by atoms with Crippen LogP contribution in [0.2, 0.25) is 0 Å². The number of aromatic nitrogens is 1. The molecule has 0 atom stereocenters. The van der Waals surface area contributed by atoms with E-state index in [1.807, 2.05) is 12.1 Å². The fraction of sp³-hybridized carbons (Fsp3) is 0.417. The van der Waals surface area contributed by atoms with E-state index < -0.39 is 0 Å². The van der Waals surface area contributed by atoms with Crippen LogP contribution in [0, 0.1) is 0 Å². The molecule has 1 aromatic carbocycles. The van der Waals surface area contributed by atoms with Crippen LogP contribution in [0.15, 0.2) is 18.2 Å². The van der Waals surface area contributed by atoms with Crippen molar-refractivity contribution in [2.24, 2.45) is 0 Å². The summed E-state index contributed by atoms with van der Waals surface area (Å²) in [6, 6.07) is 6.06. The first kappa shape index (κ1) is 12.5. The quantitative estimate of drug-likeness (QED) is 0.837. The van der Waals surface area contributed by atoms with Crippen LogP contribution in [0.4, 0.5) is 5.13 Å². The summed E-state index contributed by atoms with van der Waals surface area (Å²) in [4.78, 5) is 7.03. The van der Waals surface area contributed by atoms with Crippen molar-refractivity contribution in [3.05, 3.63) is 18.2 Å². The van der Waals surface area contributed by atoms with Crippen molar-refractivity contribution in [1.29, 1.82) is 0 Å². The number of hydrogen-bond donors (Lipinski definition) is 0. The normalized spacial score (nSPS) is 15.0.